The average molecular weight is 544 g/mol. The largest absolute Gasteiger partial charge is 0.506 e. The molecule has 1 heterocycles. The molecule has 0 bridgehead atoms. The van der Waals surface area contributed by atoms with E-state index in [0.717, 1.165) is 5.56 Å². The molecule has 10 heteroatoms. The van der Waals surface area contributed by atoms with Crippen LogP contribution in [0, 0.1) is 5.92 Å². The number of carbonyl (C=O) groups excluding carboxylic acids is 4. The smallest absolute Gasteiger partial charge is 0.251 e. The zero-order valence-electron chi connectivity index (χ0n) is 21.7. The van der Waals surface area contributed by atoms with Gasteiger partial charge in [-0.2, -0.15) is 0 Å². The van der Waals surface area contributed by atoms with E-state index in [1.807, 2.05) is 30.3 Å². The fourth-order valence-electron chi connectivity index (χ4n) is 4.27. The van der Waals surface area contributed by atoms with Gasteiger partial charge in [-0.15, -0.1) is 0 Å². The molecule has 204 valence electrons. The van der Waals surface area contributed by atoms with Gasteiger partial charge in [0.05, 0.1) is 23.8 Å². The Morgan fingerprint density at radius 1 is 1.16 bits per heavy atom. The number of ether oxygens (including phenoxy) is 1. The second kappa shape index (κ2) is 13.4. The Balaban J connectivity index is 1.80. The lowest BCUT2D eigenvalue weighted by atomic mass is 10.0. The number of aldehydes is 1. The van der Waals surface area contributed by atoms with Crippen LogP contribution in [0.25, 0.3) is 0 Å². The second-order valence-corrected chi connectivity index (χ2v) is 10.1. The topological polar surface area (TPSA) is 125 Å². The van der Waals surface area contributed by atoms with Crippen LogP contribution in [-0.4, -0.2) is 64.8 Å². The van der Waals surface area contributed by atoms with Crippen LogP contribution in [0.4, 0.5) is 0 Å². The Hall–Kier alpha value is -3.43. The second-order valence-electron chi connectivity index (χ2n) is 9.68. The zero-order valence-corrected chi connectivity index (χ0v) is 22.5. The van der Waals surface area contributed by atoms with Crippen LogP contribution in [0.1, 0.15) is 49.5 Å². The predicted molar refractivity (Wildman–Crippen MR) is 143 cm³/mol. The maximum atomic E-state index is 13.8. The normalized spacial score (nSPS) is 18.6. The van der Waals surface area contributed by atoms with Crippen LogP contribution < -0.4 is 10.6 Å². The van der Waals surface area contributed by atoms with E-state index in [2.05, 4.69) is 10.6 Å². The number of aromatic hydroxyl groups is 1. The maximum Gasteiger partial charge on any atom is 0.251 e. The molecular weight excluding hydrogens is 510 g/mol. The van der Waals surface area contributed by atoms with Gasteiger partial charge in [0, 0.05) is 18.5 Å². The van der Waals surface area contributed by atoms with E-state index in [1.165, 1.54) is 23.1 Å². The molecule has 4 atom stereocenters. The van der Waals surface area contributed by atoms with Crippen LogP contribution in [0.5, 0.6) is 5.75 Å². The van der Waals surface area contributed by atoms with E-state index in [0.29, 0.717) is 19.3 Å². The first kappa shape index (κ1) is 29.1. The number of carbonyl (C=O) groups is 4. The number of hydrogen-bond donors (Lipinski definition) is 3. The third-order valence-corrected chi connectivity index (χ3v) is 6.84. The Kier molecular flexibility index (Phi) is 10.3. The van der Waals surface area contributed by atoms with Crippen LogP contribution in [0.3, 0.4) is 0 Å². The molecule has 2 aromatic carbocycles. The van der Waals surface area contributed by atoms with Crippen molar-refractivity contribution >= 4 is 35.6 Å². The molecule has 0 aromatic heterocycles. The molecule has 3 amide bonds. The number of hydrogen-bond acceptors (Lipinski definition) is 6. The lowest BCUT2D eigenvalue weighted by Crippen LogP contribution is -2.56. The number of benzene rings is 2. The number of halogens is 1. The molecule has 1 saturated heterocycles. The molecule has 9 nitrogen and oxygen atoms in total. The molecule has 0 unspecified atom stereocenters. The van der Waals surface area contributed by atoms with Gasteiger partial charge in [-0.05, 0) is 36.1 Å². The maximum absolute atomic E-state index is 13.8. The van der Waals surface area contributed by atoms with Crippen LogP contribution in [0.15, 0.2) is 48.5 Å². The molecule has 3 rings (SSSR count). The summed E-state index contributed by atoms with van der Waals surface area (Å²) in [6, 6.07) is 11.1. The van der Waals surface area contributed by atoms with E-state index >= 15 is 0 Å². The van der Waals surface area contributed by atoms with Crippen molar-refractivity contribution in [3.8, 4) is 5.75 Å². The Morgan fingerprint density at radius 3 is 2.47 bits per heavy atom. The van der Waals surface area contributed by atoms with Crippen molar-refractivity contribution in [2.45, 2.75) is 64.4 Å². The summed E-state index contributed by atoms with van der Waals surface area (Å²) in [7, 11) is 0. The monoisotopic (exact) mass is 543 g/mol. The minimum atomic E-state index is -0.939. The molecular formula is C28H34ClN3O6. The first-order chi connectivity index (χ1) is 18.1. The fraction of sp³-hybridized carbons (Fsp3) is 0.429. The van der Waals surface area contributed by atoms with Gasteiger partial charge in [-0.1, -0.05) is 62.7 Å². The van der Waals surface area contributed by atoms with Crippen molar-refractivity contribution < 1.29 is 29.0 Å². The number of rotatable bonds is 11. The Bertz CT molecular complexity index is 1140. The molecule has 0 aliphatic carbocycles. The van der Waals surface area contributed by atoms with Gasteiger partial charge < -0.3 is 30.2 Å². The highest BCUT2D eigenvalue weighted by Gasteiger charge is 2.43. The van der Waals surface area contributed by atoms with Gasteiger partial charge in [-0.3, -0.25) is 14.4 Å². The summed E-state index contributed by atoms with van der Waals surface area (Å²) in [5.74, 6) is -1.87. The number of nitrogens with one attached hydrogen (secondary N) is 2. The molecule has 2 aromatic rings. The minimum absolute atomic E-state index is 0.0143. The summed E-state index contributed by atoms with van der Waals surface area (Å²) in [6.07, 6.45) is 0.934. The number of nitrogens with zero attached hydrogens (tertiary/aromatic N) is 1. The molecule has 0 saturated carbocycles. The van der Waals surface area contributed by atoms with Gasteiger partial charge >= 0.3 is 0 Å². The number of likely N-dealkylation sites (tertiary alicyclic amines) is 1. The molecule has 3 N–H and O–H groups in total. The lowest BCUT2D eigenvalue weighted by Gasteiger charge is -2.30. The van der Waals surface area contributed by atoms with E-state index in [4.69, 9.17) is 16.3 Å². The predicted octanol–water partition coefficient (Wildman–Crippen LogP) is 3.08. The fourth-order valence-corrected chi connectivity index (χ4v) is 4.46. The van der Waals surface area contributed by atoms with Crippen LogP contribution in [-0.2, 0) is 25.7 Å². The average Bonchev–Trinajstić information content (AvgIpc) is 3.35. The summed E-state index contributed by atoms with van der Waals surface area (Å²) in [4.78, 5) is 52.6. The quantitative estimate of drug-likeness (QED) is 0.374. The van der Waals surface area contributed by atoms with Crippen molar-refractivity contribution in [1.82, 2.24) is 15.5 Å². The van der Waals surface area contributed by atoms with Crippen molar-refractivity contribution in [3.63, 3.8) is 0 Å². The van der Waals surface area contributed by atoms with E-state index in [9.17, 15) is 24.3 Å². The lowest BCUT2D eigenvalue weighted by molar-refractivity contribution is -0.141. The van der Waals surface area contributed by atoms with Gasteiger partial charge in [0.1, 0.15) is 24.1 Å². The molecule has 1 aliphatic rings. The minimum Gasteiger partial charge on any atom is -0.506 e. The van der Waals surface area contributed by atoms with Crippen molar-refractivity contribution in [1.29, 1.82) is 0 Å². The Morgan fingerprint density at radius 2 is 1.87 bits per heavy atom. The highest BCUT2D eigenvalue weighted by molar-refractivity contribution is 6.32. The third-order valence-electron chi connectivity index (χ3n) is 6.54. The SMILES string of the molecule is CC[C@@H](C=O)NC(=O)[C@@H]1C[C@@H](OCc2ccccc2)CN1C(=O)[C@@H](NC(=O)c1ccc(O)c(Cl)c1)C(C)C. The first-order valence-corrected chi connectivity index (χ1v) is 13.0. The molecule has 0 spiro atoms. The standard InChI is InChI=1S/C28H34ClN3O6/c1-4-20(15-33)30-27(36)23-13-21(38-16-18-8-6-5-7-9-18)14-32(23)28(37)25(17(2)3)31-26(35)19-10-11-24(34)22(29)12-19/h5-12,15,17,20-21,23,25,34H,4,13-14,16H2,1-3H3,(H,30,36)(H,31,35)/t20-,21+,23-,25-/m0/s1. The van der Waals surface area contributed by atoms with Crippen molar-refractivity contribution in [3.05, 3.63) is 64.7 Å². The summed E-state index contributed by atoms with van der Waals surface area (Å²) in [5.41, 5.74) is 1.15. The van der Waals surface area contributed by atoms with Crippen LogP contribution >= 0.6 is 11.6 Å². The van der Waals surface area contributed by atoms with Gasteiger partial charge in [0.25, 0.3) is 5.91 Å². The Labute approximate surface area is 227 Å². The van der Waals surface area contributed by atoms with Crippen LogP contribution in [0.2, 0.25) is 5.02 Å². The highest BCUT2D eigenvalue weighted by Crippen LogP contribution is 2.26. The highest BCUT2D eigenvalue weighted by atomic mass is 35.5. The number of amides is 3. The summed E-state index contributed by atoms with van der Waals surface area (Å²) in [5, 5.41) is 15.1. The van der Waals surface area contributed by atoms with Crippen molar-refractivity contribution in [2.24, 2.45) is 5.92 Å². The number of phenols is 1. The van der Waals surface area contributed by atoms with Gasteiger partial charge in [-0.25, -0.2) is 0 Å². The molecule has 1 aliphatic heterocycles. The zero-order chi connectivity index (χ0) is 27.8. The molecule has 38 heavy (non-hydrogen) atoms. The van der Waals surface area contributed by atoms with E-state index in [-0.39, 0.29) is 35.2 Å². The summed E-state index contributed by atoms with van der Waals surface area (Å²) < 4.78 is 6.05. The third kappa shape index (κ3) is 7.33. The number of phenolic OH excluding ortho intramolecular Hbond substituents is 1. The van der Waals surface area contributed by atoms with Gasteiger partial charge in [0.15, 0.2) is 0 Å². The van der Waals surface area contributed by atoms with E-state index in [1.54, 1.807) is 20.8 Å². The van der Waals surface area contributed by atoms with Gasteiger partial charge in [0.2, 0.25) is 11.8 Å². The summed E-state index contributed by atoms with van der Waals surface area (Å²) >= 11 is 5.94. The van der Waals surface area contributed by atoms with E-state index < -0.39 is 42.0 Å². The van der Waals surface area contributed by atoms with Crippen molar-refractivity contribution in [2.75, 3.05) is 6.54 Å². The molecule has 0 radical (unpaired) electrons. The first-order valence-electron chi connectivity index (χ1n) is 12.7. The molecule has 1 fully saturated rings. The summed E-state index contributed by atoms with van der Waals surface area (Å²) in [6.45, 7) is 5.84.